The summed E-state index contributed by atoms with van der Waals surface area (Å²) in [5.41, 5.74) is 0.122. The van der Waals surface area contributed by atoms with E-state index in [1.165, 1.54) is 18.3 Å². The average Bonchev–Trinajstić information content (AvgIpc) is 3.27. The van der Waals surface area contributed by atoms with Gasteiger partial charge in [0, 0.05) is 4.88 Å². The molecule has 2 aliphatic carbocycles. The Morgan fingerprint density at radius 3 is 2.58 bits per heavy atom. The molecule has 1 aromatic heterocycles. The van der Waals surface area contributed by atoms with Crippen LogP contribution in [0.5, 0.6) is 0 Å². The van der Waals surface area contributed by atoms with E-state index in [0.717, 1.165) is 47.4 Å². The van der Waals surface area contributed by atoms with Crippen molar-refractivity contribution in [2.45, 2.75) is 91.2 Å². The number of nitrogens with one attached hydrogen (secondary N) is 2. The number of esters is 2. The van der Waals surface area contributed by atoms with Gasteiger partial charge in [0.1, 0.15) is 17.1 Å². The van der Waals surface area contributed by atoms with E-state index in [1.54, 1.807) is 6.92 Å². The Morgan fingerprint density at radius 1 is 1.18 bits per heavy atom. The maximum atomic E-state index is 13.3. The van der Waals surface area contributed by atoms with Crippen LogP contribution in [0.25, 0.3) is 0 Å². The van der Waals surface area contributed by atoms with E-state index in [1.807, 2.05) is 0 Å². The van der Waals surface area contributed by atoms with Crippen LogP contribution in [0.15, 0.2) is 0 Å². The van der Waals surface area contributed by atoms with Gasteiger partial charge in [-0.3, -0.25) is 19.3 Å². The third kappa shape index (κ3) is 5.57. The zero-order chi connectivity index (χ0) is 27.8. The van der Waals surface area contributed by atoms with Crippen LogP contribution in [0.1, 0.15) is 87.5 Å². The number of carbonyl (C=O) groups excluding carboxylic acids is 5. The van der Waals surface area contributed by atoms with Crippen LogP contribution >= 0.6 is 11.3 Å². The molecule has 0 aromatic carbocycles. The number of thiophene rings is 1. The fourth-order valence-corrected chi connectivity index (χ4v) is 7.63. The molecule has 208 valence electrons. The van der Waals surface area contributed by atoms with Crippen LogP contribution in [0.2, 0.25) is 0 Å². The number of rotatable bonds is 7. The van der Waals surface area contributed by atoms with Crippen molar-refractivity contribution in [2.24, 2.45) is 11.3 Å². The SMILES string of the molecule is CCOC(=O)c1c(NC(=O)[C@H](C)OC(=O)CN2C(=O)N[C@]3(C[C@@H](C)CC(C)(C)C3)C2=O)sc2c1CCCC2. The van der Waals surface area contributed by atoms with Crippen molar-refractivity contribution in [3.05, 3.63) is 16.0 Å². The van der Waals surface area contributed by atoms with Crippen LogP contribution < -0.4 is 10.6 Å². The summed E-state index contributed by atoms with van der Waals surface area (Å²) in [6.45, 7) is 8.95. The van der Waals surface area contributed by atoms with E-state index < -0.39 is 48.0 Å². The minimum atomic E-state index is -1.21. The molecule has 1 saturated heterocycles. The number of amides is 4. The van der Waals surface area contributed by atoms with E-state index in [-0.39, 0.29) is 17.9 Å². The summed E-state index contributed by atoms with van der Waals surface area (Å²) in [6.07, 6.45) is 4.28. The number of carbonyl (C=O) groups is 5. The van der Waals surface area contributed by atoms with Crippen molar-refractivity contribution < 1.29 is 33.4 Å². The molecule has 0 radical (unpaired) electrons. The topological polar surface area (TPSA) is 131 Å². The van der Waals surface area contributed by atoms with Gasteiger partial charge < -0.3 is 20.1 Å². The molecule has 2 fully saturated rings. The second-order valence-corrected chi connectivity index (χ2v) is 12.6. The number of anilines is 1. The molecule has 4 amide bonds. The molecule has 1 aromatic rings. The lowest BCUT2D eigenvalue weighted by atomic mass is 9.64. The van der Waals surface area contributed by atoms with Gasteiger partial charge >= 0.3 is 18.0 Å². The zero-order valence-corrected chi connectivity index (χ0v) is 23.5. The Bertz CT molecular complexity index is 1160. The average molecular weight is 548 g/mol. The van der Waals surface area contributed by atoms with Gasteiger partial charge in [0.25, 0.3) is 11.8 Å². The van der Waals surface area contributed by atoms with Gasteiger partial charge in [-0.05, 0) is 75.7 Å². The van der Waals surface area contributed by atoms with Crippen molar-refractivity contribution in [1.82, 2.24) is 10.2 Å². The largest absolute Gasteiger partial charge is 0.462 e. The van der Waals surface area contributed by atoms with Gasteiger partial charge in [-0.2, -0.15) is 0 Å². The molecule has 10 nitrogen and oxygen atoms in total. The third-order valence-electron chi connectivity index (χ3n) is 7.48. The molecule has 4 rings (SSSR count). The fourth-order valence-electron chi connectivity index (χ4n) is 6.35. The van der Waals surface area contributed by atoms with Gasteiger partial charge in [-0.1, -0.05) is 20.8 Å². The van der Waals surface area contributed by atoms with Crippen molar-refractivity contribution in [3.8, 4) is 0 Å². The number of hydrogen-bond donors (Lipinski definition) is 2. The first-order chi connectivity index (χ1) is 17.9. The Balaban J connectivity index is 1.40. The highest BCUT2D eigenvalue weighted by Crippen LogP contribution is 2.46. The Morgan fingerprint density at radius 2 is 1.89 bits per heavy atom. The van der Waals surface area contributed by atoms with Crippen LogP contribution in [0, 0.1) is 11.3 Å². The summed E-state index contributed by atoms with van der Waals surface area (Å²) in [5, 5.41) is 5.94. The van der Waals surface area contributed by atoms with Crippen LogP contribution in [0.4, 0.5) is 9.80 Å². The summed E-state index contributed by atoms with van der Waals surface area (Å²) in [5.74, 6) is -2.16. The highest BCUT2D eigenvalue weighted by atomic mass is 32.1. The summed E-state index contributed by atoms with van der Waals surface area (Å²) < 4.78 is 10.5. The van der Waals surface area contributed by atoms with Crippen LogP contribution in [-0.2, 0) is 36.7 Å². The van der Waals surface area contributed by atoms with Gasteiger partial charge in [0.2, 0.25) is 0 Å². The fraction of sp³-hybridized carbons (Fsp3) is 0.667. The number of urea groups is 1. The van der Waals surface area contributed by atoms with E-state index in [9.17, 15) is 24.0 Å². The molecular formula is C27H37N3O7S. The number of ether oxygens (including phenoxy) is 2. The van der Waals surface area contributed by atoms with Crippen molar-refractivity contribution in [3.63, 3.8) is 0 Å². The van der Waals surface area contributed by atoms with Gasteiger partial charge in [-0.25, -0.2) is 9.59 Å². The molecule has 3 aliphatic rings. The van der Waals surface area contributed by atoms with Gasteiger partial charge in [0.15, 0.2) is 6.10 Å². The second-order valence-electron chi connectivity index (χ2n) is 11.5. The van der Waals surface area contributed by atoms with Crippen molar-refractivity contribution in [1.29, 1.82) is 0 Å². The predicted octanol–water partition coefficient (Wildman–Crippen LogP) is 3.81. The molecule has 11 heteroatoms. The number of nitrogens with zero attached hydrogens (tertiary/aromatic N) is 1. The molecule has 0 unspecified atom stereocenters. The first-order valence-corrected chi connectivity index (χ1v) is 14.1. The number of imide groups is 1. The lowest BCUT2D eigenvalue weighted by molar-refractivity contribution is -0.155. The normalized spacial score (nSPS) is 25.0. The smallest absolute Gasteiger partial charge is 0.341 e. The number of hydrogen-bond acceptors (Lipinski definition) is 8. The molecule has 2 N–H and O–H groups in total. The predicted molar refractivity (Wildman–Crippen MR) is 141 cm³/mol. The van der Waals surface area contributed by atoms with E-state index in [4.69, 9.17) is 9.47 Å². The third-order valence-corrected chi connectivity index (χ3v) is 8.68. The number of fused-ring (bicyclic) bond motifs is 1. The lowest BCUT2D eigenvalue weighted by Crippen LogP contribution is -2.54. The highest BCUT2D eigenvalue weighted by molar-refractivity contribution is 7.17. The van der Waals surface area contributed by atoms with Gasteiger partial charge in [-0.15, -0.1) is 11.3 Å². The first kappa shape index (κ1) is 28.1. The molecule has 3 atom stereocenters. The molecule has 1 saturated carbocycles. The Hall–Kier alpha value is -2.95. The standard InChI is InChI=1S/C27H37N3O7S/c1-6-36-23(33)20-17-9-7-8-10-18(17)38-22(20)28-21(32)16(3)37-19(31)13-30-24(34)27(29-25(30)35)12-15(2)11-26(4,5)14-27/h15-16H,6-14H2,1-5H3,(H,28,32)(H,29,35)/t15-,16-,27-/m0/s1. The minimum Gasteiger partial charge on any atom is -0.462 e. The van der Waals surface area contributed by atoms with E-state index in [0.29, 0.717) is 23.4 Å². The molecule has 2 heterocycles. The second kappa shape index (κ2) is 10.7. The summed E-state index contributed by atoms with van der Waals surface area (Å²) in [6, 6.07) is -0.628. The lowest BCUT2D eigenvalue weighted by Gasteiger charge is -2.43. The Labute approximate surface area is 226 Å². The zero-order valence-electron chi connectivity index (χ0n) is 22.7. The monoisotopic (exact) mass is 547 g/mol. The quantitative estimate of drug-likeness (QED) is 0.392. The summed E-state index contributed by atoms with van der Waals surface area (Å²) in [4.78, 5) is 66.2. The number of aryl methyl sites for hydroxylation is 1. The van der Waals surface area contributed by atoms with Crippen LogP contribution in [-0.4, -0.2) is 59.5 Å². The van der Waals surface area contributed by atoms with E-state index >= 15 is 0 Å². The highest BCUT2D eigenvalue weighted by Gasteiger charge is 2.56. The van der Waals surface area contributed by atoms with E-state index in [2.05, 4.69) is 31.4 Å². The maximum Gasteiger partial charge on any atom is 0.341 e. The maximum absolute atomic E-state index is 13.3. The van der Waals surface area contributed by atoms with Crippen molar-refractivity contribution >= 4 is 46.1 Å². The molecular weight excluding hydrogens is 510 g/mol. The summed E-state index contributed by atoms with van der Waals surface area (Å²) >= 11 is 1.34. The van der Waals surface area contributed by atoms with Crippen LogP contribution in [0.3, 0.4) is 0 Å². The van der Waals surface area contributed by atoms with Gasteiger partial charge in [0.05, 0.1) is 12.2 Å². The summed E-state index contributed by atoms with van der Waals surface area (Å²) in [7, 11) is 0. The molecule has 1 aliphatic heterocycles. The molecule has 38 heavy (non-hydrogen) atoms. The molecule has 1 spiro atoms. The Kier molecular flexibility index (Phi) is 7.88. The first-order valence-electron chi connectivity index (χ1n) is 13.3. The van der Waals surface area contributed by atoms with Crippen molar-refractivity contribution in [2.75, 3.05) is 18.5 Å². The minimum absolute atomic E-state index is 0.132. The molecule has 0 bridgehead atoms.